The van der Waals surface area contributed by atoms with Crippen LogP contribution >= 0.6 is 22.9 Å². The largest absolute Gasteiger partial charge is 0.323 e. The normalized spacial score (nSPS) is 12.3. The highest BCUT2D eigenvalue weighted by Crippen LogP contribution is 2.27. The highest BCUT2D eigenvalue weighted by molar-refractivity contribution is 7.18. The lowest BCUT2D eigenvalue weighted by atomic mass is 10.2. The van der Waals surface area contributed by atoms with Crippen LogP contribution in [0.1, 0.15) is 11.9 Å². The molecule has 1 N–H and O–H groups in total. The first-order valence-corrected chi connectivity index (χ1v) is 9.34. The van der Waals surface area contributed by atoms with Crippen LogP contribution in [-0.2, 0) is 11.3 Å². The molecule has 0 fully saturated rings. The Hall–Kier alpha value is -2.55. The maximum absolute atomic E-state index is 12.6. The number of nitro groups is 1. The van der Waals surface area contributed by atoms with E-state index in [1.165, 1.54) is 18.2 Å². The summed E-state index contributed by atoms with van der Waals surface area (Å²) in [4.78, 5) is 29.4. The standard InChI is InChI=1S/C18H17ClN4O3S/c1-11(18(24)21-15-9-12(23(25)26)7-8-13(15)19)22(2)10-17-20-14-5-3-4-6-16(14)27-17/h3-9,11H,10H2,1-2H3,(H,21,24). The number of para-hydroxylation sites is 1. The summed E-state index contributed by atoms with van der Waals surface area (Å²) in [7, 11) is 1.82. The van der Waals surface area contributed by atoms with Gasteiger partial charge in [0.05, 0.1) is 38.4 Å². The van der Waals surface area contributed by atoms with Crippen LogP contribution in [0, 0.1) is 10.1 Å². The number of halogens is 1. The molecule has 140 valence electrons. The number of carbonyl (C=O) groups is 1. The number of nitro benzene ring substituents is 1. The molecule has 0 aliphatic rings. The fourth-order valence-electron chi connectivity index (χ4n) is 2.50. The molecule has 0 spiro atoms. The van der Waals surface area contributed by atoms with Gasteiger partial charge in [-0.25, -0.2) is 4.98 Å². The van der Waals surface area contributed by atoms with Gasteiger partial charge >= 0.3 is 0 Å². The molecule has 27 heavy (non-hydrogen) atoms. The van der Waals surface area contributed by atoms with Crippen LogP contribution in [0.25, 0.3) is 10.2 Å². The number of non-ortho nitro benzene ring substituents is 1. The average Bonchev–Trinajstić information content (AvgIpc) is 3.04. The van der Waals surface area contributed by atoms with Gasteiger partial charge in [0.25, 0.3) is 5.69 Å². The first-order valence-electron chi connectivity index (χ1n) is 8.14. The number of amides is 1. The molecule has 1 atom stereocenters. The second-order valence-electron chi connectivity index (χ2n) is 6.08. The number of nitrogens with zero attached hydrogens (tertiary/aromatic N) is 3. The minimum Gasteiger partial charge on any atom is -0.323 e. The molecule has 1 unspecified atom stereocenters. The number of hydrogen-bond acceptors (Lipinski definition) is 6. The number of benzene rings is 2. The van der Waals surface area contributed by atoms with E-state index in [0.29, 0.717) is 6.54 Å². The Labute approximate surface area is 164 Å². The lowest BCUT2D eigenvalue weighted by Gasteiger charge is -2.23. The second-order valence-corrected chi connectivity index (χ2v) is 7.60. The zero-order valence-corrected chi connectivity index (χ0v) is 16.3. The molecule has 3 aromatic rings. The van der Waals surface area contributed by atoms with Gasteiger partial charge in [-0.1, -0.05) is 23.7 Å². The van der Waals surface area contributed by atoms with Crippen molar-refractivity contribution in [1.82, 2.24) is 9.88 Å². The first kappa shape index (κ1) is 19.2. The second kappa shape index (κ2) is 7.99. The fourth-order valence-corrected chi connectivity index (χ4v) is 3.69. The van der Waals surface area contributed by atoms with Crippen molar-refractivity contribution in [2.75, 3.05) is 12.4 Å². The topological polar surface area (TPSA) is 88.4 Å². The number of thiazole rings is 1. The van der Waals surface area contributed by atoms with E-state index in [4.69, 9.17) is 11.6 Å². The molecule has 2 aromatic carbocycles. The molecule has 1 aromatic heterocycles. The van der Waals surface area contributed by atoms with Crippen LogP contribution in [0.3, 0.4) is 0 Å². The maximum Gasteiger partial charge on any atom is 0.271 e. The molecule has 0 bridgehead atoms. The summed E-state index contributed by atoms with van der Waals surface area (Å²) in [5.41, 5.74) is 1.02. The molecule has 0 radical (unpaired) electrons. The Morgan fingerprint density at radius 3 is 2.81 bits per heavy atom. The Kier molecular flexibility index (Phi) is 5.69. The van der Waals surface area contributed by atoms with Crippen LogP contribution < -0.4 is 5.32 Å². The van der Waals surface area contributed by atoms with Gasteiger partial charge in [-0.05, 0) is 32.2 Å². The highest BCUT2D eigenvalue weighted by Gasteiger charge is 2.21. The lowest BCUT2D eigenvalue weighted by Crippen LogP contribution is -2.39. The molecule has 0 aliphatic carbocycles. The third-order valence-electron chi connectivity index (χ3n) is 4.18. The summed E-state index contributed by atoms with van der Waals surface area (Å²) in [5.74, 6) is -0.305. The predicted molar refractivity (Wildman–Crippen MR) is 107 cm³/mol. The Bertz CT molecular complexity index is 974. The smallest absolute Gasteiger partial charge is 0.271 e. The van der Waals surface area contributed by atoms with E-state index < -0.39 is 11.0 Å². The van der Waals surface area contributed by atoms with Gasteiger partial charge in [0, 0.05) is 12.1 Å². The van der Waals surface area contributed by atoms with Crippen LogP contribution in [0.15, 0.2) is 42.5 Å². The third-order valence-corrected chi connectivity index (χ3v) is 5.53. The predicted octanol–water partition coefficient (Wildman–Crippen LogP) is 4.32. The molecule has 0 saturated carbocycles. The Morgan fingerprint density at radius 1 is 1.37 bits per heavy atom. The number of likely N-dealkylation sites (N-methyl/N-ethyl adjacent to an activating group) is 1. The van der Waals surface area contributed by atoms with Crippen LogP contribution in [0.4, 0.5) is 11.4 Å². The van der Waals surface area contributed by atoms with Crippen molar-refractivity contribution in [3.05, 3.63) is 62.6 Å². The average molecular weight is 405 g/mol. The van der Waals surface area contributed by atoms with E-state index in [1.54, 1.807) is 18.3 Å². The fraction of sp³-hybridized carbons (Fsp3) is 0.222. The van der Waals surface area contributed by atoms with Crippen molar-refractivity contribution in [3.63, 3.8) is 0 Å². The zero-order valence-electron chi connectivity index (χ0n) is 14.7. The minimum atomic E-state index is -0.533. The first-order chi connectivity index (χ1) is 12.8. The number of nitrogens with one attached hydrogen (secondary N) is 1. The van der Waals surface area contributed by atoms with Gasteiger partial charge in [-0.15, -0.1) is 11.3 Å². The van der Waals surface area contributed by atoms with Gasteiger partial charge in [-0.2, -0.15) is 0 Å². The SMILES string of the molecule is CC(C(=O)Nc1cc([N+](=O)[O-])ccc1Cl)N(C)Cc1nc2ccccc2s1. The van der Waals surface area contributed by atoms with Crippen molar-refractivity contribution in [1.29, 1.82) is 0 Å². The lowest BCUT2D eigenvalue weighted by molar-refractivity contribution is -0.384. The van der Waals surface area contributed by atoms with Crippen molar-refractivity contribution < 1.29 is 9.72 Å². The van der Waals surface area contributed by atoms with E-state index in [9.17, 15) is 14.9 Å². The summed E-state index contributed by atoms with van der Waals surface area (Å²) in [5, 5.41) is 14.7. The number of hydrogen-bond donors (Lipinski definition) is 1. The highest BCUT2D eigenvalue weighted by atomic mass is 35.5. The van der Waals surface area contributed by atoms with E-state index >= 15 is 0 Å². The van der Waals surface area contributed by atoms with Crippen molar-refractivity contribution in [2.45, 2.75) is 19.5 Å². The molecule has 3 rings (SSSR count). The number of carbonyl (C=O) groups excluding carboxylic acids is 1. The summed E-state index contributed by atoms with van der Waals surface area (Å²) < 4.78 is 1.10. The quantitative estimate of drug-likeness (QED) is 0.488. The van der Waals surface area contributed by atoms with E-state index in [-0.39, 0.29) is 22.3 Å². The molecule has 1 heterocycles. The van der Waals surface area contributed by atoms with Gasteiger partial charge in [0.2, 0.25) is 5.91 Å². The van der Waals surface area contributed by atoms with Crippen LogP contribution in [-0.4, -0.2) is 33.8 Å². The summed E-state index contributed by atoms with van der Waals surface area (Å²) in [6.07, 6.45) is 0. The Balaban J connectivity index is 1.69. The molecule has 9 heteroatoms. The molecule has 0 aliphatic heterocycles. The molecule has 0 saturated heterocycles. The van der Waals surface area contributed by atoms with Gasteiger partial charge < -0.3 is 5.32 Å². The summed E-state index contributed by atoms with van der Waals surface area (Å²) >= 11 is 7.63. The van der Waals surface area contributed by atoms with Crippen molar-refractivity contribution >= 4 is 50.4 Å². The van der Waals surface area contributed by atoms with E-state index in [1.807, 2.05) is 36.2 Å². The Morgan fingerprint density at radius 2 is 2.11 bits per heavy atom. The van der Waals surface area contributed by atoms with Crippen LogP contribution in [0.2, 0.25) is 5.02 Å². The van der Waals surface area contributed by atoms with Gasteiger partial charge in [-0.3, -0.25) is 19.8 Å². The third kappa shape index (κ3) is 4.41. The van der Waals surface area contributed by atoms with Gasteiger partial charge in [0.15, 0.2) is 0 Å². The molecular formula is C18H17ClN4O3S. The zero-order chi connectivity index (χ0) is 19.6. The molecular weight excluding hydrogens is 388 g/mol. The van der Waals surface area contributed by atoms with Crippen molar-refractivity contribution in [2.24, 2.45) is 0 Å². The number of rotatable bonds is 6. The summed E-state index contributed by atoms with van der Waals surface area (Å²) in [6.45, 7) is 2.27. The van der Waals surface area contributed by atoms with E-state index in [2.05, 4.69) is 10.3 Å². The van der Waals surface area contributed by atoms with Gasteiger partial charge in [0.1, 0.15) is 5.01 Å². The molecule has 1 amide bonds. The number of aromatic nitrogens is 1. The maximum atomic E-state index is 12.6. The number of anilines is 1. The van der Waals surface area contributed by atoms with Crippen LogP contribution in [0.5, 0.6) is 0 Å². The monoisotopic (exact) mass is 404 g/mol. The number of fused-ring (bicyclic) bond motifs is 1. The minimum absolute atomic E-state index is 0.134. The molecule has 7 nitrogen and oxygen atoms in total. The van der Waals surface area contributed by atoms with E-state index in [0.717, 1.165) is 15.2 Å². The van der Waals surface area contributed by atoms with Crippen molar-refractivity contribution in [3.8, 4) is 0 Å². The summed E-state index contributed by atoms with van der Waals surface area (Å²) in [6, 6.07) is 11.3.